The molecule has 0 saturated heterocycles. The molecule has 1 amide bonds. The van der Waals surface area contributed by atoms with Crippen LogP contribution in [0.3, 0.4) is 0 Å². The van der Waals surface area contributed by atoms with Crippen LogP contribution in [-0.2, 0) is 11.3 Å². The summed E-state index contributed by atoms with van der Waals surface area (Å²) in [6.45, 7) is 0.304. The summed E-state index contributed by atoms with van der Waals surface area (Å²) in [4.78, 5) is 26.0. The molecule has 2 aromatic rings. The highest BCUT2D eigenvalue weighted by atomic mass is 16.5. The number of aldehydes is 1. The van der Waals surface area contributed by atoms with Gasteiger partial charge >= 0.3 is 6.09 Å². The Morgan fingerprint density at radius 2 is 1.96 bits per heavy atom. The van der Waals surface area contributed by atoms with Crippen molar-refractivity contribution in [1.29, 1.82) is 0 Å². The maximum atomic E-state index is 11.6. The van der Waals surface area contributed by atoms with Gasteiger partial charge in [0.25, 0.3) is 0 Å². The lowest BCUT2D eigenvalue weighted by Crippen LogP contribution is -2.29. The molecule has 0 aliphatic rings. The Kier molecular flexibility index (Phi) is 7.06. The lowest BCUT2D eigenvalue weighted by atomic mass is 10.0. The van der Waals surface area contributed by atoms with Crippen LogP contribution in [0.25, 0.3) is 0 Å². The number of aromatic nitrogens is 1. The molecule has 0 bridgehead atoms. The van der Waals surface area contributed by atoms with E-state index in [0.29, 0.717) is 11.8 Å². The highest BCUT2D eigenvalue weighted by Crippen LogP contribution is 2.17. The van der Waals surface area contributed by atoms with E-state index in [1.54, 1.807) is 0 Å². The highest BCUT2D eigenvalue weighted by Gasteiger charge is 2.18. The normalized spacial score (nSPS) is 12.9. The van der Waals surface area contributed by atoms with Crippen LogP contribution in [0.5, 0.6) is 0 Å². The number of benzene rings is 1. The van der Waals surface area contributed by atoms with Crippen molar-refractivity contribution in [2.75, 3.05) is 6.54 Å². The lowest BCUT2D eigenvalue weighted by molar-refractivity contribution is 0.0134. The molecule has 132 valence electrons. The van der Waals surface area contributed by atoms with Crippen molar-refractivity contribution >= 4 is 12.4 Å². The number of amides is 1. The number of aliphatic hydroxyl groups is 2. The van der Waals surface area contributed by atoms with E-state index in [2.05, 4.69) is 10.3 Å². The molecule has 2 atom stereocenters. The van der Waals surface area contributed by atoms with Gasteiger partial charge in [-0.05, 0) is 18.1 Å². The predicted molar refractivity (Wildman–Crippen MR) is 89.8 cm³/mol. The van der Waals surface area contributed by atoms with Crippen LogP contribution in [-0.4, -0.2) is 40.2 Å². The van der Waals surface area contributed by atoms with E-state index in [1.807, 2.05) is 30.3 Å². The van der Waals surface area contributed by atoms with Crippen LogP contribution in [0, 0.1) is 0 Å². The fourth-order valence-electron chi connectivity index (χ4n) is 2.14. The number of pyridine rings is 1. The lowest BCUT2D eigenvalue weighted by Gasteiger charge is -2.18. The van der Waals surface area contributed by atoms with E-state index in [1.165, 1.54) is 18.3 Å². The molecule has 1 aromatic heterocycles. The number of aliphatic hydroxyl groups excluding tert-OH is 2. The third-order valence-corrected chi connectivity index (χ3v) is 3.56. The molecule has 0 fully saturated rings. The number of rotatable bonds is 8. The summed E-state index contributed by atoms with van der Waals surface area (Å²) >= 11 is 0. The van der Waals surface area contributed by atoms with Gasteiger partial charge in [-0.1, -0.05) is 36.4 Å². The largest absolute Gasteiger partial charge is 0.445 e. The van der Waals surface area contributed by atoms with E-state index in [0.717, 1.165) is 5.56 Å². The number of alkyl carbamates (subject to hydrolysis) is 1. The smallest absolute Gasteiger partial charge is 0.407 e. The number of ether oxygens (including phenoxy) is 1. The van der Waals surface area contributed by atoms with E-state index in [4.69, 9.17) is 4.74 Å². The third-order valence-electron chi connectivity index (χ3n) is 3.56. The van der Waals surface area contributed by atoms with Gasteiger partial charge in [-0.3, -0.25) is 9.78 Å². The summed E-state index contributed by atoms with van der Waals surface area (Å²) in [5.74, 6) is 0. The zero-order valence-corrected chi connectivity index (χ0v) is 13.5. The molecule has 0 saturated carbocycles. The van der Waals surface area contributed by atoms with Gasteiger partial charge in [-0.2, -0.15) is 0 Å². The molecule has 0 radical (unpaired) electrons. The Labute approximate surface area is 145 Å². The van der Waals surface area contributed by atoms with Gasteiger partial charge in [0.05, 0.1) is 6.10 Å². The van der Waals surface area contributed by atoms with Gasteiger partial charge in [-0.15, -0.1) is 0 Å². The van der Waals surface area contributed by atoms with Crippen molar-refractivity contribution in [1.82, 2.24) is 10.3 Å². The molecule has 25 heavy (non-hydrogen) atoms. The number of hydrogen-bond donors (Lipinski definition) is 3. The van der Waals surface area contributed by atoms with E-state index >= 15 is 0 Å². The first kappa shape index (κ1) is 18.6. The summed E-state index contributed by atoms with van der Waals surface area (Å²) in [5, 5.41) is 22.5. The van der Waals surface area contributed by atoms with Crippen LogP contribution in [0.1, 0.15) is 34.1 Å². The van der Waals surface area contributed by atoms with Gasteiger partial charge in [0.1, 0.15) is 18.4 Å². The first-order valence-corrected chi connectivity index (χ1v) is 7.82. The molecule has 2 rings (SSSR count). The maximum Gasteiger partial charge on any atom is 0.407 e. The van der Waals surface area contributed by atoms with Gasteiger partial charge < -0.3 is 20.3 Å². The number of carbonyl (C=O) groups is 2. The first-order chi connectivity index (χ1) is 12.1. The predicted octanol–water partition coefficient (Wildman–Crippen LogP) is 1.60. The van der Waals surface area contributed by atoms with E-state index < -0.39 is 18.3 Å². The second-order valence-corrected chi connectivity index (χ2v) is 5.42. The number of nitrogens with one attached hydrogen (secondary N) is 1. The molecule has 1 aromatic carbocycles. The Bertz CT molecular complexity index is 676. The zero-order chi connectivity index (χ0) is 18.1. The number of carbonyl (C=O) groups excluding carboxylic acids is 2. The van der Waals surface area contributed by atoms with Crippen molar-refractivity contribution in [3.63, 3.8) is 0 Å². The molecule has 1 heterocycles. The third kappa shape index (κ3) is 5.98. The molecular formula is C18H20N2O5. The SMILES string of the molecule is O=Cc1ccc(C(O)C(O)CCNC(=O)OCc2ccccc2)cn1. The minimum absolute atomic E-state index is 0.136. The quantitative estimate of drug-likeness (QED) is 0.628. The molecule has 7 nitrogen and oxygen atoms in total. The van der Waals surface area contributed by atoms with E-state index in [9.17, 15) is 19.8 Å². The summed E-state index contributed by atoms with van der Waals surface area (Å²) in [5.41, 5.74) is 1.51. The van der Waals surface area contributed by atoms with Crippen LogP contribution in [0.15, 0.2) is 48.7 Å². The fourth-order valence-corrected chi connectivity index (χ4v) is 2.14. The molecule has 0 aliphatic heterocycles. The van der Waals surface area contributed by atoms with Gasteiger partial charge in [0.2, 0.25) is 0 Å². The minimum atomic E-state index is -1.16. The van der Waals surface area contributed by atoms with Crippen molar-refractivity contribution in [2.24, 2.45) is 0 Å². The average Bonchev–Trinajstić information content (AvgIpc) is 2.66. The highest BCUT2D eigenvalue weighted by molar-refractivity contribution is 5.71. The zero-order valence-electron chi connectivity index (χ0n) is 13.5. The van der Waals surface area contributed by atoms with Crippen molar-refractivity contribution in [3.05, 3.63) is 65.5 Å². The first-order valence-electron chi connectivity index (χ1n) is 7.82. The average molecular weight is 344 g/mol. The number of hydrogen-bond acceptors (Lipinski definition) is 6. The number of nitrogens with zero attached hydrogens (tertiary/aromatic N) is 1. The Hall–Kier alpha value is -2.77. The van der Waals surface area contributed by atoms with Crippen molar-refractivity contribution in [2.45, 2.75) is 25.2 Å². The summed E-state index contributed by atoms with van der Waals surface area (Å²) < 4.78 is 5.04. The van der Waals surface area contributed by atoms with E-state index in [-0.39, 0.29) is 25.3 Å². The van der Waals surface area contributed by atoms with Crippen molar-refractivity contribution in [3.8, 4) is 0 Å². The molecule has 3 N–H and O–H groups in total. The second-order valence-electron chi connectivity index (χ2n) is 5.42. The summed E-state index contributed by atoms with van der Waals surface area (Å²) in [6.07, 6.45) is -0.774. The standard InChI is InChI=1S/C18H20N2O5/c21-11-15-7-6-14(10-20-15)17(23)16(22)8-9-19-18(24)25-12-13-4-2-1-3-5-13/h1-7,10-11,16-17,22-23H,8-9,12H2,(H,19,24). The van der Waals surface area contributed by atoms with Crippen LogP contribution < -0.4 is 5.32 Å². The van der Waals surface area contributed by atoms with Crippen LogP contribution in [0.4, 0.5) is 4.79 Å². The Balaban J connectivity index is 1.70. The molecule has 0 aliphatic carbocycles. The summed E-state index contributed by atoms with van der Waals surface area (Å²) in [7, 11) is 0. The topological polar surface area (TPSA) is 109 Å². The van der Waals surface area contributed by atoms with Gasteiger partial charge in [0, 0.05) is 18.3 Å². The van der Waals surface area contributed by atoms with Gasteiger partial charge in [0.15, 0.2) is 6.29 Å². The second kappa shape index (κ2) is 9.51. The molecule has 0 spiro atoms. The Morgan fingerprint density at radius 3 is 2.60 bits per heavy atom. The molecular weight excluding hydrogens is 324 g/mol. The van der Waals surface area contributed by atoms with Crippen LogP contribution in [0.2, 0.25) is 0 Å². The fraction of sp³-hybridized carbons (Fsp3) is 0.278. The molecule has 7 heteroatoms. The summed E-state index contributed by atoms with van der Waals surface area (Å²) in [6, 6.07) is 12.2. The maximum absolute atomic E-state index is 11.6. The van der Waals surface area contributed by atoms with Crippen LogP contribution >= 0.6 is 0 Å². The monoisotopic (exact) mass is 344 g/mol. The molecule has 2 unspecified atom stereocenters. The Morgan fingerprint density at radius 1 is 1.20 bits per heavy atom. The van der Waals surface area contributed by atoms with Gasteiger partial charge in [-0.25, -0.2) is 4.79 Å². The minimum Gasteiger partial charge on any atom is -0.445 e. The van der Waals surface area contributed by atoms with Crippen molar-refractivity contribution < 1.29 is 24.5 Å².